The highest BCUT2D eigenvalue weighted by molar-refractivity contribution is 8.72. The van der Waals surface area contributed by atoms with Crippen molar-refractivity contribution >= 4 is 19.7 Å². The van der Waals surface area contributed by atoms with Crippen molar-refractivity contribution in [2.24, 2.45) is 0 Å². The molecule has 0 bridgehead atoms. The molecule has 0 radical (unpaired) electrons. The second-order valence-electron chi connectivity index (χ2n) is 3.26. The zero-order valence-corrected chi connectivity index (χ0v) is 9.01. The van der Waals surface area contributed by atoms with Crippen LogP contribution in [0.5, 0.6) is 0 Å². The highest BCUT2D eigenvalue weighted by atomic mass is 33.1. The van der Waals surface area contributed by atoms with Gasteiger partial charge in [0.1, 0.15) is 0 Å². The summed E-state index contributed by atoms with van der Waals surface area (Å²) < 4.78 is 57.5. The van der Waals surface area contributed by atoms with Crippen molar-refractivity contribution in [3.8, 4) is 0 Å². The van der Waals surface area contributed by atoms with E-state index in [1.54, 1.807) is 0 Å². The Morgan fingerprint density at radius 1 is 1.07 bits per heavy atom. The van der Waals surface area contributed by atoms with Gasteiger partial charge < -0.3 is 0 Å². The molecule has 0 spiro atoms. The predicted octanol–water partition coefficient (Wildman–Crippen LogP) is 2.90. The molecule has 0 aromatic carbocycles. The summed E-state index contributed by atoms with van der Waals surface area (Å²) in [5.74, 6) is 0. The molecule has 0 unspecified atom stereocenters. The molecule has 0 saturated heterocycles. The van der Waals surface area contributed by atoms with E-state index in [2.05, 4.69) is 0 Å². The molecule has 0 aromatic rings. The fourth-order valence-electron chi connectivity index (χ4n) is 1.40. The molecule has 1 saturated carbocycles. The molecule has 1 fully saturated rings. The maximum atomic E-state index is 12.0. The third kappa shape index (κ3) is 3.05. The van der Waals surface area contributed by atoms with Gasteiger partial charge in [-0.15, -0.1) is 0 Å². The van der Waals surface area contributed by atoms with Crippen LogP contribution in [0.2, 0.25) is 0 Å². The number of alkyl halides is 3. The Labute approximate surface area is 84.6 Å². The van der Waals surface area contributed by atoms with Crippen LogP contribution in [-0.4, -0.2) is 19.2 Å². The van der Waals surface area contributed by atoms with Gasteiger partial charge >= 0.3 is 5.51 Å². The second-order valence-corrected chi connectivity index (χ2v) is 7.38. The van der Waals surface area contributed by atoms with Crippen molar-refractivity contribution in [2.75, 3.05) is 0 Å². The van der Waals surface area contributed by atoms with Gasteiger partial charge in [0.25, 0.3) is 8.87 Å². The van der Waals surface area contributed by atoms with Crippen LogP contribution in [0.3, 0.4) is 0 Å². The average Bonchev–Trinajstić information content (AvgIpc) is 2.03. The van der Waals surface area contributed by atoms with Crippen molar-refractivity contribution in [3.05, 3.63) is 0 Å². The van der Waals surface area contributed by atoms with Crippen LogP contribution < -0.4 is 0 Å². The third-order valence-electron chi connectivity index (χ3n) is 2.10. The van der Waals surface area contributed by atoms with E-state index in [0.29, 0.717) is 12.8 Å². The molecule has 7 heteroatoms. The van der Waals surface area contributed by atoms with E-state index in [9.17, 15) is 21.6 Å². The summed E-state index contributed by atoms with van der Waals surface area (Å²) in [5, 5.41) is -0.379. The monoisotopic (exact) mass is 248 g/mol. The van der Waals surface area contributed by atoms with Gasteiger partial charge in [0, 0.05) is 5.25 Å². The standard InChI is InChI=1S/C7H11F3O2S2/c8-7(9,10)14(11,12)13-6-4-2-1-3-5-6/h6H,1-5H2. The molecule has 14 heavy (non-hydrogen) atoms. The van der Waals surface area contributed by atoms with Crippen molar-refractivity contribution < 1.29 is 21.6 Å². The molecule has 1 rings (SSSR count). The normalized spacial score (nSPS) is 21.1. The van der Waals surface area contributed by atoms with Gasteiger partial charge in [0.05, 0.1) is 0 Å². The molecule has 0 aliphatic heterocycles. The van der Waals surface area contributed by atoms with Crippen LogP contribution in [0.4, 0.5) is 13.2 Å². The van der Waals surface area contributed by atoms with Crippen molar-refractivity contribution in [3.63, 3.8) is 0 Å². The minimum Gasteiger partial charge on any atom is -0.208 e. The lowest BCUT2D eigenvalue weighted by Crippen LogP contribution is -2.23. The largest absolute Gasteiger partial charge is 0.507 e. The number of halogens is 3. The summed E-state index contributed by atoms with van der Waals surface area (Å²) in [6, 6.07) is 0. The maximum Gasteiger partial charge on any atom is 0.507 e. The highest BCUT2D eigenvalue weighted by Gasteiger charge is 2.47. The first-order chi connectivity index (χ1) is 6.33. The van der Waals surface area contributed by atoms with E-state index in [-0.39, 0.29) is 16.0 Å². The van der Waals surface area contributed by atoms with E-state index >= 15 is 0 Å². The first kappa shape index (κ1) is 12.2. The average molecular weight is 248 g/mol. The van der Waals surface area contributed by atoms with Crippen LogP contribution in [-0.2, 0) is 8.87 Å². The minimum atomic E-state index is -5.12. The first-order valence-electron chi connectivity index (χ1n) is 4.32. The van der Waals surface area contributed by atoms with Gasteiger partial charge in [-0.1, -0.05) is 19.3 Å². The van der Waals surface area contributed by atoms with E-state index < -0.39 is 14.4 Å². The molecule has 1 aliphatic rings. The lowest BCUT2D eigenvalue weighted by molar-refractivity contribution is -0.0410. The van der Waals surface area contributed by atoms with E-state index in [1.165, 1.54) is 0 Å². The van der Waals surface area contributed by atoms with Crippen molar-refractivity contribution in [1.82, 2.24) is 0 Å². The molecule has 0 amide bonds. The minimum absolute atomic E-state index is 0.0770. The topological polar surface area (TPSA) is 34.1 Å². The Kier molecular flexibility index (Phi) is 3.74. The Morgan fingerprint density at radius 3 is 2.00 bits per heavy atom. The molecule has 2 nitrogen and oxygen atoms in total. The van der Waals surface area contributed by atoms with E-state index in [0.717, 1.165) is 19.3 Å². The zero-order chi connectivity index (χ0) is 10.8. The Balaban J connectivity index is 2.58. The molecular formula is C7H11F3O2S2. The summed E-state index contributed by atoms with van der Waals surface area (Å²) in [4.78, 5) is 0. The summed E-state index contributed by atoms with van der Waals surface area (Å²) in [5.41, 5.74) is -5.12. The van der Waals surface area contributed by atoms with Gasteiger partial charge in [-0.2, -0.15) is 13.2 Å². The number of hydrogen-bond acceptors (Lipinski definition) is 3. The van der Waals surface area contributed by atoms with Gasteiger partial charge in [-0.25, -0.2) is 8.42 Å². The fraction of sp³-hybridized carbons (Fsp3) is 1.00. The lowest BCUT2D eigenvalue weighted by atomic mass is 10.0. The fourth-order valence-corrected chi connectivity index (χ4v) is 4.37. The Hall–Kier alpha value is 0.0900. The van der Waals surface area contributed by atoms with Crippen molar-refractivity contribution in [1.29, 1.82) is 0 Å². The summed E-state index contributed by atoms with van der Waals surface area (Å²) in [7, 11) is -4.90. The predicted molar refractivity (Wildman–Crippen MR) is 49.4 cm³/mol. The molecule has 0 heterocycles. The van der Waals surface area contributed by atoms with Crippen LogP contribution in [0.1, 0.15) is 32.1 Å². The molecule has 0 atom stereocenters. The summed E-state index contributed by atoms with van der Waals surface area (Å²) in [6.07, 6.45) is 3.78. The number of hydrogen-bond donors (Lipinski definition) is 0. The zero-order valence-electron chi connectivity index (χ0n) is 7.38. The second kappa shape index (κ2) is 4.30. The van der Waals surface area contributed by atoms with Crippen LogP contribution >= 0.6 is 10.8 Å². The van der Waals surface area contributed by atoms with E-state index in [4.69, 9.17) is 0 Å². The Bertz CT molecular complexity index is 278. The van der Waals surface area contributed by atoms with Crippen LogP contribution in [0, 0.1) is 0 Å². The third-order valence-corrected chi connectivity index (χ3v) is 5.81. The molecule has 0 aromatic heterocycles. The molecule has 1 aliphatic carbocycles. The quantitative estimate of drug-likeness (QED) is 0.705. The van der Waals surface area contributed by atoms with Gasteiger partial charge in [0.15, 0.2) is 0 Å². The van der Waals surface area contributed by atoms with Crippen LogP contribution in [0.15, 0.2) is 0 Å². The summed E-state index contributed by atoms with van der Waals surface area (Å²) in [6.45, 7) is 0. The van der Waals surface area contributed by atoms with E-state index in [1.807, 2.05) is 0 Å². The van der Waals surface area contributed by atoms with Gasteiger partial charge in [0.2, 0.25) is 0 Å². The van der Waals surface area contributed by atoms with Crippen molar-refractivity contribution in [2.45, 2.75) is 42.9 Å². The highest BCUT2D eigenvalue weighted by Crippen LogP contribution is 2.39. The first-order valence-corrected chi connectivity index (χ1v) is 7.20. The molecular weight excluding hydrogens is 237 g/mol. The van der Waals surface area contributed by atoms with Crippen LogP contribution in [0.25, 0.3) is 0 Å². The lowest BCUT2D eigenvalue weighted by Gasteiger charge is -2.20. The smallest absolute Gasteiger partial charge is 0.208 e. The molecule has 0 N–H and O–H groups in total. The number of rotatable bonds is 2. The van der Waals surface area contributed by atoms with Gasteiger partial charge in [-0.3, -0.25) is 0 Å². The Morgan fingerprint density at radius 2 is 1.57 bits per heavy atom. The molecule has 84 valence electrons. The van der Waals surface area contributed by atoms with Gasteiger partial charge in [-0.05, 0) is 23.6 Å². The SMILES string of the molecule is O=S(=O)(SC1CCCCC1)C(F)(F)F. The maximum absolute atomic E-state index is 12.0. The summed E-state index contributed by atoms with van der Waals surface area (Å²) >= 11 is 0.